The van der Waals surface area contributed by atoms with Gasteiger partial charge in [0.2, 0.25) is 0 Å². The number of benzene rings is 2. The molecule has 2 aromatic carbocycles. The van der Waals surface area contributed by atoms with E-state index in [2.05, 4.69) is 66.9 Å². The zero-order valence-corrected chi connectivity index (χ0v) is 17.8. The van der Waals surface area contributed by atoms with E-state index in [9.17, 15) is 4.39 Å². The lowest BCUT2D eigenvalue weighted by molar-refractivity contribution is 0.140. The maximum atomic E-state index is 14.7. The summed E-state index contributed by atoms with van der Waals surface area (Å²) in [5.74, 6) is 1.04. The maximum absolute atomic E-state index is 14.7. The summed E-state index contributed by atoms with van der Waals surface area (Å²) in [7, 11) is 0. The molecule has 1 saturated heterocycles. The molecule has 7 heteroatoms. The van der Waals surface area contributed by atoms with Crippen LogP contribution >= 0.6 is 15.9 Å². The van der Waals surface area contributed by atoms with Crippen molar-refractivity contribution in [1.29, 1.82) is 0 Å². The molecule has 5 rings (SSSR count). The van der Waals surface area contributed by atoms with Crippen LogP contribution in [-0.4, -0.2) is 46.6 Å². The second-order valence-corrected chi connectivity index (χ2v) is 8.65. The van der Waals surface area contributed by atoms with Crippen LogP contribution in [0.5, 0.6) is 5.75 Å². The molecule has 29 heavy (non-hydrogen) atoms. The van der Waals surface area contributed by atoms with Crippen LogP contribution in [0.15, 0.2) is 47.2 Å². The second-order valence-electron chi connectivity index (χ2n) is 7.80. The first-order valence-corrected chi connectivity index (χ1v) is 10.7. The van der Waals surface area contributed by atoms with E-state index in [0.29, 0.717) is 33.8 Å². The lowest BCUT2D eigenvalue weighted by Crippen LogP contribution is -2.58. The second kappa shape index (κ2) is 7.54. The van der Waals surface area contributed by atoms with Crippen LogP contribution in [-0.2, 0) is 6.54 Å². The normalized spacial score (nSPS) is 22.0. The molecule has 5 nitrogen and oxygen atoms in total. The molecular weight excluding hydrogens is 435 g/mol. The van der Waals surface area contributed by atoms with Crippen molar-refractivity contribution in [3.63, 3.8) is 0 Å². The quantitative estimate of drug-likeness (QED) is 0.571. The number of piperazine rings is 1. The summed E-state index contributed by atoms with van der Waals surface area (Å²) in [4.78, 5) is 13.6. The third-order valence-electron chi connectivity index (χ3n) is 5.93. The Labute approximate surface area is 177 Å². The number of anilines is 1. The average Bonchev–Trinajstić information content (AvgIpc) is 2.73. The third kappa shape index (κ3) is 3.36. The van der Waals surface area contributed by atoms with Gasteiger partial charge >= 0.3 is 0 Å². The molecular formula is C22H22BrFN4O. The van der Waals surface area contributed by atoms with Gasteiger partial charge in [0.05, 0.1) is 16.5 Å². The SMILES string of the molecule is C[C@H]1CN2c3ncnc4c(F)c(Br)cc(c34)OCC[C@@H]2CN1Cc1ccccc1. The predicted molar refractivity (Wildman–Crippen MR) is 115 cm³/mol. The van der Waals surface area contributed by atoms with E-state index in [1.165, 1.54) is 11.9 Å². The molecule has 0 aliphatic carbocycles. The molecule has 2 aliphatic rings. The summed E-state index contributed by atoms with van der Waals surface area (Å²) in [6, 6.07) is 12.9. The number of nitrogens with zero attached hydrogens (tertiary/aromatic N) is 4. The summed E-state index contributed by atoms with van der Waals surface area (Å²) in [5.41, 5.74) is 1.62. The summed E-state index contributed by atoms with van der Waals surface area (Å²) in [6.45, 7) is 5.50. The van der Waals surface area contributed by atoms with Crippen molar-refractivity contribution < 1.29 is 9.13 Å². The topological polar surface area (TPSA) is 41.5 Å². The molecule has 1 aromatic heterocycles. The third-order valence-corrected chi connectivity index (χ3v) is 6.51. The highest BCUT2D eigenvalue weighted by molar-refractivity contribution is 9.10. The number of fused-ring (bicyclic) bond motifs is 2. The van der Waals surface area contributed by atoms with Crippen molar-refractivity contribution in [1.82, 2.24) is 14.9 Å². The van der Waals surface area contributed by atoms with Crippen molar-refractivity contribution in [2.75, 3.05) is 24.6 Å². The van der Waals surface area contributed by atoms with E-state index in [0.717, 1.165) is 31.9 Å². The molecule has 2 atom stereocenters. The highest BCUT2D eigenvalue weighted by atomic mass is 79.9. The Morgan fingerprint density at radius 1 is 1.21 bits per heavy atom. The van der Waals surface area contributed by atoms with E-state index in [4.69, 9.17) is 4.74 Å². The minimum Gasteiger partial charge on any atom is -0.493 e. The molecule has 0 saturated carbocycles. The van der Waals surface area contributed by atoms with Crippen LogP contribution in [0.3, 0.4) is 0 Å². The van der Waals surface area contributed by atoms with Crippen LogP contribution in [0, 0.1) is 5.82 Å². The summed E-state index contributed by atoms with van der Waals surface area (Å²) in [6.07, 6.45) is 2.34. The minimum absolute atomic E-state index is 0.257. The first-order chi connectivity index (χ1) is 14.1. The van der Waals surface area contributed by atoms with Crippen molar-refractivity contribution in [2.45, 2.75) is 32.0 Å². The average molecular weight is 457 g/mol. The monoisotopic (exact) mass is 456 g/mol. The van der Waals surface area contributed by atoms with Crippen molar-refractivity contribution >= 4 is 32.7 Å². The van der Waals surface area contributed by atoms with Gasteiger partial charge in [-0.25, -0.2) is 14.4 Å². The highest BCUT2D eigenvalue weighted by Crippen LogP contribution is 2.40. The first-order valence-electron chi connectivity index (χ1n) is 9.92. The number of aromatic nitrogens is 2. The molecule has 0 spiro atoms. The van der Waals surface area contributed by atoms with Gasteiger partial charge in [0.15, 0.2) is 5.82 Å². The van der Waals surface area contributed by atoms with Gasteiger partial charge in [-0.3, -0.25) is 4.90 Å². The summed E-state index contributed by atoms with van der Waals surface area (Å²) >= 11 is 3.28. The molecule has 0 radical (unpaired) electrons. The van der Waals surface area contributed by atoms with Crippen molar-refractivity contribution in [3.8, 4) is 5.75 Å². The Kier molecular flexibility index (Phi) is 4.87. The molecule has 3 heterocycles. The molecule has 0 amide bonds. The fourth-order valence-electron chi connectivity index (χ4n) is 4.41. The molecule has 0 N–H and O–H groups in total. The Morgan fingerprint density at radius 3 is 2.86 bits per heavy atom. The Hall–Kier alpha value is -2.25. The van der Waals surface area contributed by atoms with Crippen molar-refractivity contribution in [2.24, 2.45) is 0 Å². The van der Waals surface area contributed by atoms with E-state index in [1.54, 1.807) is 6.07 Å². The fourth-order valence-corrected chi connectivity index (χ4v) is 4.81. The van der Waals surface area contributed by atoms with Gasteiger partial charge in [-0.15, -0.1) is 0 Å². The van der Waals surface area contributed by atoms with Crippen LogP contribution in [0.2, 0.25) is 0 Å². The first kappa shape index (κ1) is 18.8. The molecule has 150 valence electrons. The number of halogens is 2. The highest BCUT2D eigenvalue weighted by Gasteiger charge is 2.35. The van der Waals surface area contributed by atoms with E-state index in [1.807, 2.05) is 6.07 Å². The van der Waals surface area contributed by atoms with E-state index in [-0.39, 0.29) is 11.9 Å². The van der Waals surface area contributed by atoms with Gasteiger partial charge < -0.3 is 9.64 Å². The number of hydrogen-bond donors (Lipinski definition) is 0. The molecule has 3 aromatic rings. The van der Waals surface area contributed by atoms with E-state index >= 15 is 0 Å². The minimum atomic E-state index is -0.371. The Balaban J connectivity index is 1.52. The zero-order chi connectivity index (χ0) is 20.0. The Bertz CT molecular complexity index is 1050. The maximum Gasteiger partial charge on any atom is 0.164 e. The number of hydrogen-bond acceptors (Lipinski definition) is 5. The lowest BCUT2D eigenvalue weighted by atomic mass is 10.0. The molecule has 0 bridgehead atoms. The van der Waals surface area contributed by atoms with Crippen LogP contribution in [0.1, 0.15) is 18.9 Å². The summed E-state index contributed by atoms with van der Waals surface area (Å²) < 4.78 is 21.1. The van der Waals surface area contributed by atoms with Gasteiger partial charge in [0.25, 0.3) is 0 Å². The molecule has 0 unspecified atom stereocenters. The van der Waals surface area contributed by atoms with E-state index < -0.39 is 0 Å². The van der Waals surface area contributed by atoms with Gasteiger partial charge in [-0.05, 0) is 34.5 Å². The zero-order valence-electron chi connectivity index (χ0n) is 16.2. The fraction of sp³-hybridized carbons (Fsp3) is 0.364. The van der Waals surface area contributed by atoms with Crippen LogP contribution in [0.4, 0.5) is 10.2 Å². The summed E-state index contributed by atoms with van der Waals surface area (Å²) in [5, 5.41) is 0.668. The van der Waals surface area contributed by atoms with Crippen LogP contribution in [0.25, 0.3) is 10.9 Å². The van der Waals surface area contributed by atoms with Gasteiger partial charge in [-0.2, -0.15) is 0 Å². The van der Waals surface area contributed by atoms with Gasteiger partial charge in [0, 0.05) is 38.1 Å². The van der Waals surface area contributed by atoms with Crippen molar-refractivity contribution in [3.05, 3.63) is 58.6 Å². The number of rotatable bonds is 2. The lowest BCUT2D eigenvalue weighted by Gasteiger charge is -2.47. The van der Waals surface area contributed by atoms with Gasteiger partial charge in [0.1, 0.15) is 23.4 Å². The Morgan fingerprint density at radius 2 is 2.03 bits per heavy atom. The molecule has 2 aliphatic heterocycles. The largest absolute Gasteiger partial charge is 0.493 e. The smallest absolute Gasteiger partial charge is 0.164 e. The van der Waals surface area contributed by atoms with Gasteiger partial charge in [-0.1, -0.05) is 30.3 Å². The molecule has 1 fully saturated rings. The van der Waals surface area contributed by atoms with Crippen LogP contribution < -0.4 is 9.64 Å². The number of ether oxygens (including phenoxy) is 1. The standard InChI is InChI=1S/C22H22BrFN4O/c1-14-10-28-16(12-27(14)11-15-5-3-2-4-6-15)7-8-29-18-9-17(23)20(24)21-19(18)22(28)26-13-25-21/h2-6,9,13-14,16H,7-8,10-12H2,1H3/t14-,16+/m0/s1. The predicted octanol–water partition coefficient (Wildman–Crippen LogP) is 4.39.